The van der Waals surface area contributed by atoms with E-state index in [1.807, 2.05) is 47.9 Å². The highest BCUT2D eigenvalue weighted by molar-refractivity contribution is 7.09. The van der Waals surface area contributed by atoms with Crippen molar-refractivity contribution in [3.05, 3.63) is 52.0 Å². The van der Waals surface area contributed by atoms with E-state index in [1.54, 1.807) is 0 Å². The molecule has 0 bridgehead atoms. The molecule has 1 aromatic heterocycles. The average molecular weight is 217 g/mol. The SMILES string of the molecule is OCc1nc(/C=C\c2ccccc2)cs1. The van der Waals surface area contributed by atoms with Gasteiger partial charge in [0.1, 0.15) is 5.01 Å². The molecular weight excluding hydrogens is 206 g/mol. The maximum atomic E-state index is 8.86. The van der Waals surface area contributed by atoms with E-state index in [0.717, 1.165) is 16.3 Å². The highest BCUT2D eigenvalue weighted by Gasteiger charge is 1.96. The predicted molar refractivity (Wildman–Crippen MR) is 63.4 cm³/mol. The molecule has 0 radical (unpaired) electrons. The van der Waals surface area contributed by atoms with Crippen molar-refractivity contribution in [2.75, 3.05) is 0 Å². The zero-order valence-corrected chi connectivity index (χ0v) is 8.95. The Morgan fingerprint density at radius 2 is 2.00 bits per heavy atom. The number of aromatic nitrogens is 1. The van der Waals surface area contributed by atoms with E-state index in [0.29, 0.717) is 0 Å². The van der Waals surface area contributed by atoms with Crippen LogP contribution in [-0.2, 0) is 6.61 Å². The summed E-state index contributed by atoms with van der Waals surface area (Å²) in [6.45, 7) is 0.0177. The van der Waals surface area contributed by atoms with Gasteiger partial charge >= 0.3 is 0 Å². The van der Waals surface area contributed by atoms with Crippen LogP contribution >= 0.6 is 11.3 Å². The minimum absolute atomic E-state index is 0.0177. The summed E-state index contributed by atoms with van der Waals surface area (Å²) in [4.78, 5) is 4.23. The molecule has 0 aliphatic heterocycles. The first-order valence-electron chi connectivity index (χ1n) is 4.67. The van der Waals surface area contributed by atoms with Gasteiger partial charge in [0.25, 0.3) is 0 Å². The van der Waals surface area contributed by atoms with Crippen molar-refractivity contribution in [3.63, 3.8) is 0 Å². The van der Waals surface area contributed by atoms with Crippen molar-refractivity contribution in [1.29, 1.82) is 0 Å². The molecule has 0 saturated heterocycles. The molecule has 2 aromatic rings. The van der Waals surface area contributed by atoms with E-state index >= 15 is 0 Å². The predicted octanol–water partition coefficient (Wildman–Crippen LogP) is 2.81. The molecule has 0 amide bonds. The third kappa shape index (κ3) is 2.75. The summed E-state index contributed by atoms with van der Waals surface area (Å²) in [5, 5.41) is 11.5. The molecule has 2 rings (SSSR count). The lowest BCUT2D eigenvalue weighted by molar-refractivity contribution is 0.281. The van der Waals surface area contributed by atoms with Crippen LogP contribution in [0.3, 0.4) is 0 Å². The summed E-state index contributed by atoms with van der Waals surface area (Å²) in [7, 11) is 0. The maximum Gasteiger partial charge on any atom is 0.119 e. The summed E-state index contributed by atoms with van der Waals surface area (Å²) in [5.41, 5.74) is 2.05. The second kappa shape index (κ2) is 4.87. The smallest absolute Gasteiger partial charge is 0.119 e. The van der Waals surface area contributed by atoms with Gasteiger partial charge < -0.3 is 5.11 Å². The maximum absolute atomic E-state index is 8.86. The Labute approximate surface area is 92.5 Å². The second-order valence-electron chi connectivity index (χ2n) is 3.07. The Hall–Kier alpha value is -1.45. The second-order valence-corrected chi connectivity index (χ2v) is 4.01. The van der Waals surface area contributed by atoms with Crippen LogP contribution < -0.4 is 0 Å². The fraction of sp³-hybridized carbons (Fsp3) is 0.0833. The first-order chi connectivity index (χ1) is 7.38. The number of hydrogen-bond acceptors (Lipinski definition) is 3. The van der Waals surface area contributed by atoms with Crippen molar-refractivity contribution >= 4 is 23.5 Å². The fourth-order valence-electron chi connectivity index (χ4n) is 1.22. The first-order valence-corrected chi connectivity index (χ1v) is 5.55. The minimum Gasteiger partial charge on any atom is -0.389 e. The lowest BCUT2D eigenvalue weighted by Crippen LogP contribution is -1.79. The molecule has 0 unspecified atom stereocenters. The van der Waals surface area contributed by atoms with Crippen LogP contribution in [0, 0.1) is 0 Å². The van der Waals surface area contributed by atoms with E-state index in [2.05, 4.69) is 4.98 Å². The standard InChI is InChI=1S/C12H11NOS/c14-8-12-13-11(9-15-12)7-6-10-4-2-1-3-5-10/h1-7,9,14H,8H2/b7-6-. The monoisotopic (exact) mass is 217 g/mol. The Morgan fingerprint density at radius 1 is 1.20 bits per heavy atom. The van der Waals surface area contributed by atoms with Gasteiger partial charge in [-0.3, -0.25) is 0 Å². The summed E-state index contributed by atoms with van der Waals surface area (Å²) < 4.78 is 0. The molecule has 15 heavy (non-hydrogen) atoms. The number of thiazole rings is 1. The summed E-state index contributed by atoms with van der Waals surface area (Å²) in [6.07, 6.45) is 3.96. The molecule has 3 heteroatoms. The number of benzene rings is 1. The van der Waals surface area contributed by atoms with Gasteiger partial charge in [0, 0.05) is 5.38 Å². The van der Waals surface area contributed by atoms with E-state index in [1.165, 1.54) is 11.3 Å². The summed E-state index contributed by atoms with van der Waals surface area (Å²) in [5.74, 6) is 0. The number of rotatable bonds is 3. The largest absolute Gasteiger partial charge is 0.389 e. The van der Waals surface area contributed by atoms with E-state index in [9.17, 15) is 0 Å². The quantitative estimate of drug-likeness (QED) is 0.857. The average Bonchev–Trinajstić information content (AvgIpc) is 2.76. The van der Waals surface area contributed by atoms with Gasteiger partial charge in [0.05, 0.1) is 12.3 Å². The van der Waals surface area contributed by atoms with Gasteiger partial charge in [-0.25, -0.2) is 4.98 Å². The molecular formula is C12H11NOS. The van der Waals surface area contributed by atoms with Crippen molar-refractivity contribution in [2.45, 2.75) is 6.61 Å². The lowest BCUT2D eigenvalue weighted by atomic mass is 10.2. The van der Waals surface area contributed by atoms with Gasteiger partial charge in [0.2, 0.25) is 0 Å². The molecule has 0 saturated carbocycles. The third-order valence-corrected chi connectivity index (χ3v) is 2.80. The zero-order valence-electron chi connectivity index (χ0n) is 8.13. The number of aliphatic hydroxyl groups is 1. The van der Waals surface area contributed by atoms with Gasteiger partial charge in [-0.1, -0.05) is 36.4 Å². The van der Waals surface area contributed by atoms with Crippen molar-refractivity contribution in [2.24, 2.45) is 0 Å². The van der Waals surface area contributed by atoms with E-state index < -0.39 is 0 Å². The van der Waals surface area contributed by atoms with Crippen LogP contribution in [0.25, 0.3) is 12.2 Å². The molecule has 0 aliphatic carbocycles. The van der Waals surface area contributed by atoms with Crippen LogP contribution in [0.2, 0.25) is 0 Å². The lowest BCUT2D eigenvalue weighted by Gasteiger charge is -1.89. The Bertz CT molecular complexity index is 448. The van der Waals surface area contributed by atoms with Gasteiger partial charge in [-0.15, -0.1) is 11.3 Å². The van der Waals surface area contributed by atoms with Crippen LogP contribution in [-0.4, -0.2) is 10.1 Å². The molecule has 0 aliphatic rings. The van der Waals surface area contributed by atoms with Crippen molar-refractivity contribution < 1.29 is 5.11 Å². The van der Waals surface area contributed by atoms with Crippen LogP contribution in [0.1, 0.15) is 16.3 Å². The highest BCUT2D eigenvalue weighted by atomic mass is 32.1. The van der Waals surface area contributed by atoms with Crippen molar-refractivity contribution in [3.8, 4) is 0 Å². The highest BCUT2D eigenvalue weighted by Crippen LogP contribution is 2.12. The van der Waals surface area contributed by atoms with E-state index in [-0.39, 0.29) is 6.61 Å². The Balaban J connectivity index is 2.11. The third-order valence-electron chi connectivity index (χ3n) is 1.95. The number of hydrogen-bond donors (Lipinski definition) is 1. The Morgan fingerprint density at radius 3 is 2.67 bits per heavy atom. The van der Waals surface area contributed by atoms with E-state index in [4.69, 9.17) is 5.11 Å². The van der Waals surface area contributed by atoms with Crippen LogP contribution in [0.4, 0.5) is 0 Å². The molecule has 0 spiro atoms. The first kappa shape index (κ1) is 10.1. The minimum atomic E-state index is 0.0177. The zero-order chi connectivity index (χ0) is 10.5. The summed E-state index contributed by atoms with van der Waals surface area (Å²) >= 11 is 1.47. The van der Waals surface area contributed by atoms with Gasteiger partial charge in [-0.2, -0.15) is 0 Å². The molecule has 1 N–H and O–H groups in total. The molecule has 1 heterocycles. The van der Waals surface area contributed by atoms with Crippen LogP contribution in [0.15, 0.2) is 35.7 Å². The van der Waals surface area contributed by atoms with Gasteiger partial charge in [0.15, 0.2) is 0 Å². The molecule has 1 aromatic carbocycles. The summed E-state index contributed by atoms with van der Waals surface area (Å²) in [6, 6.07) is 10.1. The number of aliphatic hydroxyl groups excluding tert-OH is 1. The van der Waals surface area contributed by atoms with Gasteiger partial charge in [-0.05, 0) is 11.6 Å². The molecule has 0 fully saturated rings. The fourth-order valence-corrected chi connectivity index (χ4v) is 1.84. The topological polar surface area (TPSA) is 33.1 Å². The molecule has 76 valence electrons. The molecule has 2 nitrogen and oxygen atoms in total. The van der Waals surface area contributed by atoms with Crippen LogP contribution in [0.5, 0.6) is 0 Å². The number of nitrogens with zero attached hydrogens (tertiary/aromatic N) is 1. The Kier molecular flexibility index (Phi) is 3.27. The molecule has 0 atom stereocenters. The normalized spacial score (nSPS) is 11.0. The van der Waals surface area contributed by atoms with Crippen molar-refractivity contribution in [1.82, 2.24) is 4.98 Å².